The van der Waals surface area contributed by atoms with Gasteiger partial charge in [0, 0.05) is 16.8 Å². The molecule has 0 saturated heterocycles. The van der Waals surface area contributed by atoms with Gasteiger partial charge in [0.05, 0.1) is 5.02 Å². The van der Waals surface area contributed by atoms with Crippen LogP contribution in [0.3, 0.4) is 0 Å². The number of amides is 2. The van der Waals surface area contributed by atoms with Crippen LogP contribution in [0.2, 0.25) is 5.02 Å². The third kappa shape index (κ3) is 3.22. The molecule has 1 aliphatic heterocycles. The molecule has 6 nitrogen and oxygen atoms in total. The smallest absolute Gasteiger partial charge is 0.255 e. The van der Waals surface area contributed by atoms with Gasteiger partial charge in [-0.3, -0.25) is 9.59 Å². The topological polar surface area (TPSA) is 90.7 Å². The monoisotopic (exact) mass is 332 g/mol. The summed E-state index contributed by atoms with van der Waals surface area (Å²) in [5.74, 6) is -0.0843. The highest BCUT2D eigenvalue weighted by Gasteiger charge is 2.19. The lowest BCUT2D eigenvalue weighted by molar-refractivity contribution is 0.0996. The van der Waals surface area contributed by atoms with Crippen LogP contribution in [-0.2, 0) is 0 Å². The molecule has 2 amide bonds. The van der Waals surface area contributed by atoms with E-state index in [1.54, 1.807) is 24.3 Å². The van der Waals surface area contributed by atoms with E-state index in [0.717, 1.165) is 0 Å². The zero-order valence-electron chi connectivity index (χ0n) is 12.0. The SMILES string of the molecule is NC(=O)c1cccc(NC(=O)c2cc(Cl)c3c(c2)OCCO3)c1. The fourth-order valence-corrected chi connectivity index (χ4v) is 2.46. The Kier molecular flexibility index (Phi) is 4.08. The van der Waals surface area contributed by atoms with E-state index in [9.17, 15) is 9.59 Å². The minimum Gasteiger partial charge on any atom is -0.486 e. The molecular formula is C16H13ClN2O4. The van der Waals surface area contributed by atoms with Crippen molar-refractivity contribution in [1.29, 1.82) is 0 Å². The number of nitrogens with one attached hydrogen (secondary N) is 1. The van der Waals surface area contributed by atoms with E-state index in [0.29, 0.717) is 46.5 Å². The zero-order valence-corrected chi connectivity index (χ0v) is 12.7. The summed E-state index contributed by atoms with van der Waals surface area (Å²) in [6, 6.07) is 9.42. The van der Waals surface area contributed by atoms with Crippen molar-refractivity contribution in [2.75, 3.05) is 18.5 Å². The number of carbonyl (C=O) groups excluding carboxylic acids is 2. The third-order valence-electron chi connectivity index (χ3n) is 3.26. The van der Waals surface area contributed by atoms with Crippen molar-refractivity contribution in [3.8, 4) is 11.5 Å². The molecule has 0 aromatic heterocycles. The lowest BCUT2D eigenvalue weighted by Gasteiger charge is -2.20. The van der Waals surface area contributed by atoms with Crippen LogP contribution >= 0.6 is 11.6 Å². The Morgan fingerprint density at radius 2 is 1.87 bits per heavy atom. The van der Waals surface area contributed by atoms with Crippen molar-refractivity contribution in [2.24, 2.45) is 5.73 Å². The Hall–Kier alpha value is -2.73. The average Bonchev–Trinajstić information content (AvgIpc) is 2.55. The van der Waals surface area contributed by atoms with E-state index < -0.39 is 5.91 Å². The first-order valence-electron chi connectivity index (χ1n) is 6.85. The van der Waals surface area contributed by atoms with E-state index in [1.165, 1.54) is 12.1 Å². The van der Waals surface area contributed by atoms with Gasteiger partial charge in [0.2, 0.25) is 5.91 Å². The van der Waals surface area contributed by atoms with Crippen LogP contribution in [0.5, 0.6) is 11.5 Å². The number of carbonyl (C=O) groups is 2. The summed E-state index contributed by atoms with van der Waals surface area (Å²) in [5.41, 5.74) is 6.31. The van der Waals surface area contributed by atoms with Gasteiger partial charge >= 0.3 is 0 Å². The second kappa shape index (κ2) is 6.18. The van der Waals surface area contributed by atoms with Crippen LogP contribution in [0.1, 0.15) is 20.7 Å². The molecule has 1 aliphatic rings. The molecule has 0 spiro atoms. The number of halogens is 1. The van der Waals surface area contributed by atoms with Gasteiger partial charge in [-0.05, 0) is 30.3 Å². The van der Waals surface area contributed by atoms with Crippen molar-refractivity contribution in [2.45, 2.75) is 0 Å². The van der Waals surface area contributed by atoms with E-state index in [-0.39, 0.29) is 5.91 Å². The molecule has 0 aliphatic carbocycles. The van der Waals surface area contributed by atoms with Crippen molar-refractivity contribution in [1.82, 2.24) is 0 Å². The van der Waals surface area contributed by atoms with E-state index >= 15 is 0 Å². The molecule has 0 unspecified atom stereocenters. The van der Waals surface area contributed by atoms with Gasteiger partial charge in [0.15, 0.2) is 11.5 Å². The quantitative estimate of drug-likeness (QED) is 0.903. The van der Waals surface area contributed by atoms with E-state index in [1.807, 2.05) is 0 Å². The Labute approximate surface area is 137 Å². The highest BCUT2D eigenvalue weighted by molar-refractivity contribution is 6.32. The van der Waals surface area contributed by atoms with Crippen LogP contribution in [-0.4, -0.2) is 25.0 Å². The number of hydrogen-bond acceptors (Lipinski definition) is 4. The highest BCUT2D eigenvalue weighted by Crippen LogP contribution is 2.38. The van der Waals surface area contributed by atoms with Crippen LogP contribution < -0.4 is 20.5 Å². The summed E-state index contributed by atoms with van der Waals surface area (Å²) in [4.78, 5) is 23.5. The first kappa shape index (κ1) is 15.2. The minimum absolute atomic E-state index is 0.304. The van der Waals surface area contributed by atoms with Crippen molar-refractivity contribution in [3.63, 3.8) is 0 Å². The minimum atomic E-state index is -0.566. The molecule has 23 heavy (non-hydrogen) atoms. The molecular weight excluding hydrogens is 320 g/mol. The number of ether oxygens (including phenoxy) is 2. The van der Waals surface area contributed by atoms with Gasteiger partial charge in [0.25, 0.3) is 5.91 Å². The Morgan fingerprint density at radius 3 is 2.65 bits per heavy atom. The van der Waals surface area contributed by atoms with Crippen LogP contribution in [0.4, 0.5) is 5.69 Å². The summed E-state index contributed by atoms with van der Waals surface area (Å²) in [5, 5.41) is 2.99. The largest absolute Gasteiger partial charge is 0.486 e. The number of fused-ring (bicyclic) bond motifs is 1. The fraction of sp³-hybridized carbons (Fsp3) is 0.125. The summed E-state index contributed by atoms with van der Waals surface area (Å²) in [6.07, 6.45) is 0. The highest BCUT2D eigenvalue weighted by atomic mass is 35.5. The number of anilines is 1. The average molecular weight is 333 g/mol. The molecule has 3 rings (SSSR count). The fourth-order valence-electron chi connectivity index (χ4n) is 2.20. The van der Waals surface area contributed by atoms with Crippen molar-refractivity contribution in [3.05, 3.63) is 52.5 Å². The van der Waals surface area contributed by atoms with Gasteiger partial charge in [-0.15, -0.1) is 0 Å². The van der Waals surface area contributed by atoms with Gasteiger partial charge in [-0.25, -0.2) is 0 Å². The van der Waals surface area contributed by atoms with Crippen molar-refractivity contribution >= 4 is 29.1 Å². The van der Waals surface area contributed by atoms with E-state index in [4.69, 9.17) is 26.8 Å². The molecule has 0 atom stereocenters. The zero-order chi connectivity index (χ0) is 16.4. The summed E-state index contributed by atoms with van der Waals surface area (Å²) in [7, 11) is 0. The first-order chi connectivity index (χ1) is 11.0. The maximum Gasteiger partial charge on any atom is 0.255 e. The van der Waals surface area contributed by atoms with Gasteiger partial charge < -0.3 is 20.5 Å². The van der Waals surface area contributed by atoms with Gasteiger partial charge in [-0.2, -0.15) is 0 Å². The third-order valence-corrected chi connectivity index (χ3v) is 3.54. The predicted octanol–water partition coefficient (Wildman–Crippen LogP) is 2.46. The molecule has 3 N–H and O–H groups in total. The number of rotatable bonds is 3. The number of nitrogens with two attached hydrogens (primary N) is 1. The molecule has 0 radical (unpaired) electrons. The normalized spacial score (nSPS) is 12.6. The molecule has 2 aromatic carbocycles. The second-order valence-corrected chi connectivity index (χ2v) is 5.29. The predicted molar refractivity (Wildman–Crippen MR) is 85.4 cm³/mol. The molecule has 1 heterocycles. The molecule has 7 heteroatoms. The second-order valence-electron chi connectivity index (χ2n) is 4.88. The van der Waals surface area contributed by atoms with Crippen LogP contribution in [0, 0.1) is 0 Å². The molecule has 2 aromatic rings. The molecule has 0 saturated carbocycles. The summed E-state index contributed by atoms with van der Waals surface area (Å²) >= 11 is 6.11. The maximum atomic E-state index is 12.4. The van der Waals surface area contributed by atoms with Crippen LogP contribution in [0.25, 0.3) is 0 Å². The Morgan fingerprint density at radius 1 is 1.09 bits per heavy atom. The summed E-state index contributed by atoms with van der Waals surface area (Å²) in [6.45, 7) is 0.813. The van der Waals surface area contributed by atoms with Gasteiger partial charge in [0.1, 0.15) is 13.2 Å². The lowest BCUT2D eigenvalue weighted by Crippen LogP contribution is -2.18. The molecule has 0 bridgehead atoms. The standard InChI is InChI=1S/C16H13ClN2O4/c17-12-7-10(8-13-14(12)23-5-4-22-13)16(21)19-11-3-1-2-9(6-11)15(18)20/h1-3,6-8H,4-5H2,(H2,18,20)(H,19,21). The molecule has 0 fully saturated rings. The van der Waals surface area contributed by atoms with Gasteiger partial charge in [-0.1, -0.05) is 17.7 Å². The maximum absolute atomic E-state index is 12.4. The van der Waals surface area contributed by atoms with Crippen LogP contribution in [0.15, 0.2) is 36.4 Å². The van der Waals surface area contributed by atoms with Crippen molar-refractivity contribution < 1.29 is 19.1 Å². The number of primary amides is 1. The van der Waals surface area contributed by atoms with E-state index in [2.05, 4.69) is 5.32 Å². The summed E-state index contributed by atoms with van der Waals surface area (Å²) < 4.78 is 10.9. The molecule has 118 valence electrons. The lowest BCUT2D eigenvalue weighted by atomic mass is 10.1. The number of hydrogen-bond donors (Lipinski definition) is 2. The first-order valence-corrected chi connectivity index (χ1v) is 7.23. The number of benzene rings is 2. The Balaban J connectivity index is 1.85. The Bertz CT molecular complexity index is 792.